The average Bonchev–Trinajstić information content (AvgIpc) is 2.17. The van der Waals surface area contributed by atoms with Crippen LogP contribution in [-0.2, 0) is 9.53 Å². The highest BCUT2D eigenvalue weighted by atomic mass is 32.2. The Labute approximate surface area is 101 Å². The first-order valence-corrected chi connectivity index (χ1v) is 5.85. The number of hydrogen-bond acceptors (Lipinski definition) is 3. The molecule has 0 aliphatic heterocycles. The number of carbonyl (C=O) groups is 1. The number of esters is 1. The molecular formula is C13H16O2S. The van der Waals surface area contributed by atoms with Gasteiger partial charge in [-0.05, 0) is 26.0 Å². The minimum Gasteiger partial charge on any atom is -0.454 e. The average molecular weight is 236 g/mol. The van der Waals surface area contributed by atoms with E-state index in [1.165, 1.54) is 18.7 Å². The Balaban J connectivity index is 2.68. The lowest BCUT2D eigenvalue weighted by Crippen LogP contribution is -2.27. The van der Waals surface area contributed by atoms with E-state index in [-0.39, 0.29) is 5.97 Å². The third-order valence-corrected chi connectivity index (χ3v) is 3.30. The van der Waals surface area contributed by atoms with Gasteiger partial charge in [0, 0.05) is 16.7 Å². The van der Waals surface area contributed by atoms with E-state index in [0.29, 0.717) is 0 Å². The van der Waals surface area contributed by atoms with E-state index in [0.717, 1.165) is 9.80 Å². The van der Waals surface area contributed by atoms with E-state index in [9.17, 15) is 4.79 Å². The number of thioether (sulfide) groups is 1. The van der Waals surface area contributed by atoms with Gasteiger partial charge in [0.2, 0.25) is 0 Å². The van der Waals surface area contributed by atoms with Crippen molar-refractivity contribution < 1.29 is 9.53 Å². The Morgan fingerprint density at radius 3 is 2.38 bits per heavy atom. The van der Waals surface area contributed by atoms with Gasteiger partial charge < -0.3 is 4.74 Å². The molecule has 0 bridgehead atoms. The molecule has 0 spiro atoms. The summed E-state index contributed by atoms with van der Waals surface area (Å²) in [6, 6.07) is 9.90. The highest BCUT2D eigenvalue weighted by Crippen LogP contribution is 2.34. The summed E-state index contributed by atoms with van der Waals surface area (Å²) in [6.45, 7) is 9.05. The van der Waals surface area contributed by atoms with Crippen molar-refractivity contribution in [1.29, 1.82) is 0 Å². The van der Waals surface area contributed by atoms with Crippen molar-refractivity contribution in [3.63, 3.8) is 0 Å². The standard InChI is InChI=1S/C13H16O2S/c1-10(13(3,4)15-11(2)14)16-12-8-6-5-7-9-12/h5-9H,1H2,2-4H3. The Morgan fingerprint density at radius 2 is 1.88 bits per heavy atom. The molecule has 2 nitrogen and oxygen atoms in total. The van der Waals surface area contributed by atoms with Crippen LogP contribution in [0.5, 0.6) is 0 Å². The SMILES string of the molecule is C=C(Sc1ccccc1)C(C)(C)OC(C)=O. The molecule has 1 aromatic rings. The lowest BCUT2D eigenvalue weighted by Gasteiger charge is -2.26. The van der Waals surface area contributed by atoms with E-state index in [1.807, 2.05) is 44.2 Å². The van der Waals surface area contributed by atoms with Gasteiger partial charge >= 0.3 is 5.97 Å². The maximum absolute atomic E-state index is 10.9. The van der Waals surface area contributed by atoms with Crippen molar-refractivity contribution in [3.05, 3.63) is 41.8 Å². The zero-order valence-corrected chi connectivity index (χ0v) is 10.6. The third-order valence-electron chi connectivity index (χ3n) is 2.05. The first-order valence-electron chi connectivity index (χ1n) is 5.03. The van der Waals surface area contributed by atoms with Crippen LogP contribution in [0.4, 0.5) is 0 Å². The molecule has 0 amide bonds. The van der Waals surface area contributed by atoms with E-state index in [1.54, 1.807) is 0 Å². The number of rotatable bonds is 4. The molecule has 1 aromatic carbocycles. The number of ether oxygens (including phenoxy) is 1. The zero-order valence-electron chi connectivity index (χ0n) is 9.82. The molecule has 1 rings (SSSR count). The summed E-state index contributed by atoms with van der Waals surface area (Å²) in [5.74, 6) is -0.292. The summed E-state index contributed by atoms with van der Waals surface area (Å²) in [7, 11) is 0. The summed E-state index contributed by atoms with van der Waals surface area (Å²) >= 11 is 1.52. The van der Waals surface area contributed by atoms with Crippen molar-refractivity contribution in [1.82, 2.24) is 0 Å². The van der Waals surface area contributed by atoms with Crippen LogP contribution in [0.25, 0.3) is 0 Å². The van der Waals surface area contributed by atoms with Gasteiger partial charge in [-0.15, -0.1) is 0 Å². The molecule has 86 valence electrons. The Bertz CT molecular complexity index is 382. The fourth-order valence-corrected chi connectivity index (χ4v) is 2.04. The Kier molecular flexibility index (Phi) is 4.19. The second kappa shape index (κ2) is 5.21. The summed E-state index contributed by atoms with van der Waals surface area (Å²) in [5.41, 5.74) is -0.646. The van der Waals surface area contributed by atoms with Crippen molar-refractivity contribution in [2.45, 2.75) is 31.3 Å². The maximum Gasteiger partial charge on any atom is 0.303 e. The van der Waals surface area contributed by atoms with Gasteiger partial charge in [0.15, 0.2) is 0 Å². The minimum absolute atomic E-state index is 0.292. The van der Waals surface area contributed by atoms with Crippen molar-refractivity contribution in [2.24, 2.45) is 0 Å². The lowest BCUT2D eigenvalue weighted by molar-refractivity contribution is -0.149. The Hall–Kier alpha value is -1.22. The molecule has 0 saturated heterocycles. The van der Waals surface area contributed by atoms with Gasteiger partial charge in [-0.25, -0.2) is 0 Å². The fraction of sp³-hybridized carbons (Fsp3) is 0.308. The van der Waals surface area contributed by atoms with Gasteiger partial charge in [-0.3, -0.25) is 4.79 Å². The van der Waals surface area contributed by atoms with E-state index in [4.69, 9.17) is 4.74 Å². The maximum atomic E-state index is 10.9. The third kappa shape index (κ3) is 3.74. The predicted molar refractivity (Wildman–Crippen MR) is 67.3 cm³/mol. The molecule has 0 atom stereocenters. The van der Waals surface area contributed by atoms with Crippen molar-refractivity contribution in [2.75, 3.05) is 0 Å². The molecule has 0 aliphatic carbocycles. The van der Waals surface area contributed by atoms with Crippen LogP contribution in [0.1, 0.15) is 20.8 Å². The number of hydrogen-bond donors (Lipinski definition) is 0. The predicted octanol–water partition coefficient (Wildman–Crippen LogP) is 3.63. The van der Waals surface area contributed by atoms with Gasteiger partial charge in [0.1, 0.15) is 5.60 Å². The van der Waals surface area contributed by atoms with E-state index >= 15 is 0 Å². The van der Waals surface area contributed by atoms with Crippen LogP contribution in [-0.4, -0.2) is 11.6 Å². The van der Waals surface area contributed by atoms with Gasteiger partial charge in [-0.1, -0.05) is 36.5 Å². The molecule has 0 fully saturated rings. The second-order valence-corrected chi connectivity index (χ2v) is 5.11. The smallest absolute Gasteiger partial charge is 0.303 e. The fourth-order valence-electron chi connectivity index (χ4n) is 1.17. The van der Waals surface area contributed by atoms with Crippen LogP contribution in [0.2, 0.25) is 0 Å². The topological polar surface area (TPSA) is 26.3 Å². The molecule has 0 unspecified atom stereocenters. The molecule has 0 heterocycles. The zero-order chi connectivity index (χ0) is 12.2. The summed E-state index contributed by atoms with van der Waals surface area (Å²) < 4.78 is 5.21. The molecule has 0 N–H and O–H groups in total. The van der Waals surface area contributed by atoms with Gasteiger partial charge in [0.25, 0.3) is 0 Å². The van der Waals surface area contributed by atoms with Crippen molar-refractivity contribution in [3.8, 4) is 0 Å². The molecule has 0 saturated carbocycles. The highest BCUT2D eigenvalue weighted by molar-refractivity contribution is 8.03. The molecular weight excluding hydrogens is 220 g/mol. The summed E-state index contributed by atoms with van der Waals surface area (Å²) in [6.07, 6.45) is 0. The summed E-state index contributed by atoms with van der Waals surface area (Å²) in [5, 5.41) is 0. The molecule has 0 radical (unpaired) electrons. The number of benzene rings is 1. The normalized spacial score (nSPS) is 10.9. The largest absolute Gasteiger partial charge is 0.454 e. The monoisotopic (exact) mass is 236 g/mol. The van der Waals surface area contributed by atoms with E-state index < -0.39 is 5.60 Å². The highest BCUT2D eigenvalue weighted by Gasteiger charge is 2.25. The number of carbonyl (C=O) groups excluding carboxylic acids is 1. The second-order valence-electron chi connectivity index (χ2n) is 3.94. The lowest BCUT2D eigenvalue weighted by atomic mass is 10.1. The molecule has 3 heteroatoms. The molecule has 16 heavy (non-hydrogen) atoms. The van der Waals surface area contributed by atoms with Crippen LogP contribution >= 0.6 is 11.8 Å². The minimum atomic E-state index is -0.646. The molecule has 0 aromatic heterocycles. The van der Waals surface area contributed by atoms with E-state index in [2.05, 4.69) is 6.58 Å². The van der Waals surface area contributed by atoms with Crippen molar-refractivity contribution >= 4 is 17.7 Å². The quantitative estimate of drug-likeness (QED) is 0.590. The summed E-state index contributed by atoms with van der Waals surface area (Å²) in [4.78, 5) is 12.8. The Morgan fingerprint density at radius 1 is 1.31 bits per heavy atom. The first-order chi connectivity index (χ1) is 7.42. The van der Waals surface area contributed by atoms with Crippen LogP contribution < -0.4 is 0 Å². The first kappa shape index (κ1) is 12.8. The van der Waals surface area contributed by atoms with Gasteiger partial charge in [-0.2, -0.15) is 0 Å². The van der Waals surface area contributed by atoms with Crippen LogP contribution in [0.15, 0.2) is 46.7 Å². The molecule has 0 aliphatic rings. The van der Waals surface area contributed by atoms with Gasteiger partial charge in [0.05, 0.1) is 0 Å². The van der Waals surface area contributed by atoms with Crippen LogP contribution in [0.3, 0.4) is 0 Å². The van der Waals surface area contributed by atoms with Crippen LogP contribution in [0, 0.1) is 0 Å².